The van der Waals surface area contributed by atoms with E-state index in [0.717, 1.165) is 16.9 Å². The third-order valence-corrected chi connectivity index (χ3v) is 3.91. The number of methoxy groups -OCH3 is 1. The number of aryl methyl sites for hydroxylation is 1. The molecule has 6 nitrogen and oxygen atoms in total. The van der Waals surface area contributed by atoms with Gasteiger partial charge in [-0.2, -0.15) is 0 Å². The lowest BCUT2D eigenvalue weighted by Gasteiger charge is -2.09. The number of aromatic nitrogens is 1. The van der Waals surface area contributed by atoms with Crippen molar-refractivity contribution in [3.8, 4) is 0 Å². The molecule has 2 N–H and O–H groups in total. The summed E-state index contributed by atoms with van der Waals surface area (Å²) in [6.07, 6.45) is 1.62. The fourth-order valence-electron chi connectivity index (χ4n) is 2.41. The summed E-state index contributed by atoms with van der Waals surface area (Å²) in [6, 6.07) is 17.8. The number of nitrogens with zero attached hydrogens (tertiary/aromatic N) is 1. The number of benzene rings is 2. The molecule has 0 unspecified atom stereocenters. The summed E-state index contributed by atoms with van der Waals surface area (Å²) < 4.78 is 4.67. The van der Waals surface area contributed by atoms with E-state index in [1.807, 2.05) is 25.1 Å². The number of pyridine rings is 1. The van der Waals surface area contributed by atoms with Crippen molar-refractivity contribution < 1.29 is 14.3 Å². The molecule has 3 rings (SSSR count). The first kappa shape index (κ1) is 18.1. The van der Waals surface area contributed by atoms with E-state index < -0.39 is 0 Å². The van der Waals surface area contributed by atoms with Gasteiger partial charge in [-0.3, -0.25) is 4.79 Å². The van der Waals surface area contributed by atoms with Crippen LogP contribution in [0.1, 0.15) is 26.3 Å². The Morgan fingerprint density at radius 1 is 0.852 bits per heavy atom. The Labute approximate surface area is 157 Å². The van der Waals surface area contributed by atoms with Gasteiger partial charge in [0.05, 0.1) is 24.6 Å². The number of nitrogens with one attached hydrogen (secondary N) is 2. The van der Waals surface area contributed by atoms with E-state index in [1.54, 1.807) is 48.7 Å². The second-order valence-corrected chi connectivity index (χ2v) is 5.95. The zero-order valence-electron chi connectivity index (χ0n) is 15.0. The first-order valence-corrected chi connectivity index (χ1v) is 8.34. The minimum absolute atomic E-state index is 0.207. The summed E-state index contributed by atoms with van der Waals surface area (Å²) in [5.41, 5.74) is 3.72. The molecule has 1 aromatic heterocycles. The minimum Gasteiger partial charge on any atom is -0.465 e. The number of carbonyl (C=O) groups excluding carboxylic acids is 2. The highest BCUT2D eigenvalue weighted by Crippen LogP contribution is 2.18. The van der Waals surface area contributed by atoms with Crippen LogP contribution in [-0.4, -0.2) is 24.0 Å². The van der Waals surface area contributed by atoms with E-state index in [9.17, 15) is 9.59 Å². The fourth-order valence-corrected chi connectivity index (χ4v) is 2.41. The predicted molar refractivity (Wildman–Crippen MR) is 104 cm³/mol. The van der Waals surface area contributed by atoms with Crippen molar-refractivity contribution in [2.24, 2.45) is 0 Å². The van der Waals surface area contributed by atoms with E-state index in [4.69, 9.17) is 0 Å². The van der Waals surface area contributed by atoms with Gasteiger partial charge in [0.15, 0.2) is 0 Å². The average molecular weight is 361 g/mol. The maximum Gasteiger partial charge on any atom is 0.337 e. The van der Waals surface area contributed by atoms with Crippen LogP contribution in [0.25, 0.3) is 0 Å². The Hall–Kier alpha value is -3.67. The summed E-state index contributed by atoms with van der Waals surface area (Å²) in [7, 11) is 1.35. The Balaban J connectivity index is 1.62. The van der Waals surface area contributed by atoms with E-state index in [0.29, 0.717) is 16.9 Å². The van der Waals surface area contributed by atoms with Crippen LogP contribution in [0.5, 0.6) is 0 Å². The van der Waals surface area contributed by atoms with Gasteiger partial charge < -0.3 is 15.4 Å². The highest BCUT2D eigenvalue weighted by atomic mass is 16.5. The highest BCUT2D eigenvalue weighted by Gasteiger charge is 2.07. The first-order valence-electron chi connectivity index (χ1n) is 8.34. The standard InChI is InChI=1S/C21H19N3O3/c1-14-3-5-15(6-4-14)20(25)24-19-12-11-18(13-22-19)23-17-9-7-16(8-10-17)21(26)27-2/h3-13,23H,1-2H3,(H,22,24,25). The molecule has 0 atom stereocenters. The summed E-state index contributed by atoms with van der Waals surface area (Å²) >= 11 is 0. The van der Waals surface area contributed by atoms with Gasteiger partial charge >= 0.3 is 5.97 Å². The van der Waals surface area contributed by atoms with Crippen molar-refractivity contribution in [3.05, 3.63) is 83.6 Å². The van der Waals surface area contributed by atoms with Gasteiger partial charge in [-0.1, -0.05) is 17.7 Å². The molecular formula is C21H19N3O3. The smallest absolute Gasteiger partial charge is 0.337 e. The minimum atomic E-state index is -0.378. The Morgan fingerprint density at radius 3 is 2.07 bits per heavy atom. The van der Waals surface area contributed by atoms with Crippen molar-refractivity contribution >= 4 is 29.1 Å². The lowest BCUT2D eigenvalue weighted by molar-refractivity contribution is 0.0600. The molecule has 0 bridgehead atoms. The average Bonchev–Trinajstić information content (AvgIpc) is 2.70. The van der Waals surface area contributed by atoms with E-state index in [2.05, 4.69) is 20.4 Å². The summed E-state index contributed by atoms with van der Waals surface area (Å²) in [5.74, 6) is -0.120. The molecule has 1 amide bonds. The quantitative estimate of drug-likeness (QED) is 0.667. The highest BCUT2D eigenvalue weighted by molar-refractivity contribution is 6.03. The van der Waals surface area contributed by atoms with E-state index in [-0.39, 0.29) is 11.9 Å². The van der Waals surface area contributed by atoms with E-state index >= 15 is 0 Å². The van der Waals surface area contributed by atoms with Crippen LogP contribution in [0.4, 0.5) is 17.2 Å². The van der Waals surface area contributed by atoms with Gasteiger partial charge in [-0.25, -0.2) is 9.78 Å². The molecule has 0 radical (unpaired) electrons. The van der Waals surface area contributed by atoms with Crippen molar-refractivity contribution in [1.82, 2.24) is 4.98 Å². The van der Waals surface area contributed by atoms with Crippen LogP contribution >= 0.6 is 0 Å². The topological polar surface area (TPSA) is 80.3 Å². The van der Waals surface area contributed by atoms with Gasteiger partial charge in [-0.05, 0) is 55.5 Å². The molecule has 1 heterocycles. The molecule has 2 aromatic carbocycles. The molecule has 0 aliphatic carbocycles. The number of ether oxygens (including phenoxy) is 1. The number of hydrogen-bond donors (Lipinski definition) is 2. The molecule has 0 aliphatic rings. The molecule has 0 saturated heterocycles. The predicted octanol–water partition coefficient (Wildman–Crippen LogP) is 4.17. The summed E-state index contributed by atoms with van der Waals surface area (Å²) in [5, 5.41) is 5.95. The molecule has 0 aliphatic heterocycles. The molecule has 3 aromatic rings. The Kier molecular flexibility index (Phi) is 5.47. The van der Waals surface area contributed by atoms with Crippen molar-refractivity contribution in [2.45, 2.75) is 6.92 Å². The van der Waals surface area contributed by atoms with Crippen molar-refractivity contribution in [1.29, 1.82) is 0 Å². The van der Waals surface area contributed by atoms with Crippen LogP contribution < -0.4 is 10.6 Å². The monoisotopic (exact) mass is 361 g/mol. The Morgan fingerprint density at radius 2 is 1.48 bits per heavy atom. The number of hydrogen-bond acceptors (Lipinski definition) is 5. The zero-order chi connectivity index (χ0) is 19.2. The molecule has 0 fully saturated rings. The maximum absolute atomic E-state index is 12.2. The van der Waals surface area contributed by atoms with Gasteiger partial charge in [0.25, 0.3) is 5.91 Å². The summed E-state index contributed by atoms with van der Waals surface area (Å²) in [4.78, 5) is 27.9. The number of amides is 1. The van der Waals surface area contributed by atoms with Crippen LogP contribution in [-0.2, 0) is 4.74 Å². The largest absolute Gasteiger partial charge is 0.465 e. The van der Waals surface area contributed by atoms with Crippen molar-refractivity contribution in [2.75, 3.05) is 17.7 Å². The number of esters is 1. The van der Waals surface area contributed by atoms with Crippen LogP contribution in [0.3, 0.4) is 0 Å². The third-order valence-electron chi connectivity index (χ3n) is 3.91. The van der Waals surface area contributed by atoms with E-state index in [1.165, 1.54) is 7.11 Å². The molecule has 136 valence electrons. The van der Waals surface area contributed by atoms with Gasteiger partial charge in [0.2, 0.25) is 0 Å². The molecule has 0 spiro atoms. The van der Waals surface area contributed by atoms with Gasteiger partial charge in [0, 0.05) is 11.3 Å². The normalized spacial score (nSPS) is 10.1. The molecule has 6 heteroatoms. The lowest BCUT2D eigenvalue weighted by atomic mass is 10.1. The Bertz CT molecular complexity index is 934. The zero-order valence-corrected chi connectivity index (χ0v) is 15.0. The first-order chi connectivity index (χ1) is 13.0. The SMILES string of the molecule is COC(=O)c1ccc(Nc2ccc(NC(=O)c3ccc(C)cc3)nc2)cc1. The maximum atomic E-state index is 12.2. The van der Waals surface area contributed by atoms with Crippen LogP contribution in [0.2, 0.25) is 0 Å². The number of rotatable bonds is 5. The second-order valence-electron chi connectivity index (χ2n) is 5.95. The number of anilines is 3. The molecule has 0 saturated carbocycles. The van der Waals surface area contributed by atoms with Crippen molar-refractivity contribution in [3.63, 3.8) is 0 Å². The molecule has 27 heavy (non-hydrogen) atoms. The summed E-state index contributed by atoms with van der Waals surface area (Å²) in [6.45, 7) is 1.97. The number of carbonyl (C=O) groups is 2. The van der Waals surface area contributed by atoms with Gasteiger partial charge in [0.1, 0.15) is 5.82 Å². The lowest BCUT2D eigenvalue weighted by Crippen LogP contribution is -2.12. The third kappa shape index (κ3) is 4.70. The molecular weight excluding hydrogens is 342 g/mol. The van der Waals surface area contributed by atoms with Gasteiger partial charge in [-0.15, -0.1) is 0 Å². The second kappa shape index (κ2) is 8.14. The fraction of sp³-hybridized carbons (Fsp3) is 0.0952. The van der Waals surface area contributed by atoms with Crippen LogP contribution in [0.15, 0.2) is 66.9 Å². The van der Waals surface area contributed by atoms with Crippen LogP contribution in [0, 0.1) is 6.92 Å².